The molecule has 1 amide bonds. The van der Waals surface area contributed by atoms with Crippen molar-refractivity contribution in [2.45, 2.75) is 38.1 Å². The first-order chi connectivity index (χ1) is 9.22. The number of fused-ring (bicyclic) bond motifs is 1. The molecule has 0 spiro atoms. The van der Waals surface area contributed by atoms with Crippen LogP contribution in [0.1, 0.15) is 31.2 Å². The average molecular weight is 260 g/mol. The molecule has 2 atom stereocenters. The van der Waals surface area contributed by atoms with Crippen LogP contribution in [0.5, 0.6) is 5.75 Å². The zero-order valence-electron chi connectivity index (χ0n) is 11.0. The Hall–Kier alpha value is -1.55. The third-order valence-corrected chi connectivity index (χ3v) is 4.04. The second kappa shape index (κ2) is 5.21. The predicted octanol–water partition coefficient (Wildman–Crippen LogP) is 2.08. The van der Waals surface area contributed by atoms with Gasteiger partial charge in [0.05, 0.1) is 6.61 Å². The molecule has 3 rings (SSSR count). The quantitative estimate of drug-likeness (QED) is 0.855. The number of nitrogens with two attached hydrogens (primary N) is 1. The van der Waals surface area contributed by atoms with Gasteiger partial charge in [0.2, 0.25) is 5.91 Å². The van der Waals surface area contributed by atoms with Crippen molar-refractivity contribution < 1.29 is 9.53 Å². The van der Waals surface area contributed by atoms with Crippen LogP contribution in [0, 0.1) is 5.92 Å². The van der Waals surface area contributed by atoms with Crippen LogP contribution in [-0.2, 0) is 11.2 Å². The zero-order valence-corrected chi connectivity index (χ0v) is 11.0. The van der Waals surface area contributed by atoms with Crippen LogP contribution < -0.4 is 15.8 Å². The third-order valence-electron chi connectivity index (χ3n) is 4.04. The Balaban J connectivity index is 1.66. The predicted molar refractivity (Wildman–Crippen MR) is 74.2 cm³/mol. The van der Waals surface area contributed by atoms with Crippen molar-refractivity contribution in [1.82, 2.24) is 0 Å². The molecule has 19 heavy (non-hydrogen) atoms. The van der Waals surface area contributed by atoms with Gasteiger partial charge in [-0.25, -0.2) is 0 Å². The molecule has 4 heteroatoms. The van der Waals surface area contributed by atoms with Gasteiger partial charge < -0.3 is 15.8 Å². The molecule has 1 heterocycles. The minimum atomic E-state index is 0.0632. The molecule has 0 radical (unpaired) electrons. The normalized spacial score (nSPS) is 25.5. The van der Waals surface area contributed by atoms with Gasteiger partial charge in [0.15, 0.2) is 0 Å². The summed E-state index contributed by atoms with van der Waals surface area (Å²) >= 11 is 0. The van der Waals surface area contributed by atoms with Crippen LogP contribution in [0.2, 0.25) is 0 Å². The summed E-state index contributed by atoms with van der Waals surface area (Å²) in [5.74, 6) is 1.11. The summed E-state index contributed by atoms with van der Waals surface area (Å²) in [6.07, 6.45) is 4.78. The Morgan fingerprint density at radius 1 is 1.37 bits per heavy atom. The van der Waals surface area contributed by atoms with Gasteiger partial charge in [-0.3, -0.25) is 4.79 Å². The molecule has 0 aromatic heterocycles. The summed E-state index contributed by atoms with van der Waals surface area (Å²) in [4.78, 5) is 12.2. The SMILES string of the molecule is NC1CCCC(C(=O)Nc2ccc3c(c2)CCO3)C1. The number of hydrogen-bond donors (Lipinski definition) is 2. The van der Waals surface area contributed by atoms with Crippen LogP contribution in [0.25, 0.3) is 0 Å². The summed E-state index contributed by atoms with van der Waals surface area (Å²) in [6.45, 7) is 0.740. The summed E-state index contributed by atoms with van der Waals surface area (Å²) in [7, 11) is 0. The van der Waals surface area contributed by atoms with Gasteiger partial charge in [0, 0.05) is 24.1 Å². The van der Waals surface area contributed by atoms with Gasteiger partial charge in [-0.1, -0.05) is 6.42 Å². The monoisotopic (exact) mass is 260 g/mol. The van der Waals surface area contributed by atoms with Crippen molar-refractivity contribution in [1.29, 1.82) is 0 Å². The minimum absolute atomic E-state index is 0.0632. The molecule has 1 aromatic rings. The maximum Gasteiger partial charge on any atom is 0.227 e. The molecule has 0 bridgehead atoms. The lowest BCUT2D eigenvalue weighted by atomic mass is 9.85. The minimum Gasteiger partial charge on any atom is -0.493 e. The van der Waals surface area contributed by atoms with E-state index in [-0.39, 0.29) is 17.9 Å². The number of rotatable bonds is 2. The first kappa shape index (κ1) is 12.5. The highest BCUT2D eigenvalue weighted by molar-refractivity contribution is 5.92. The Morgan fingerprint density at radius 2 is 2.26 bits per heavy atom. The van der Waals surface area contributed by atoms with Gasteiger partial charge in [0.25, 0.3) is 0 Å². The highest BCUT2D eigenvalue weighted by Gasteiger charge is 2.25. The first-order valence-corrected chi connectivity index (χ1v) is 7.04. The van der Waals surface area contributed by atoms with E-state index in [9.17, 15) is 4.79 Å². The van der Waals surface area contributed by atoms with Crippen LogP contribution in [0.3, 0.4) is 0 Å². The number of benzene rings is 1. The van der Waals surface area contributed by atoms with Gasteiger partial charge >= 0.3 is 0 Å². The first-order valence-electron chi connectivity index (χ1n) is 7.04. The van der Waals surface area contributed by atoms with E-state index in [0.29, 0.717) is 0 Å². The Kier molecular flexibility index (Phi) is 3.42. The van der Waals surface area contributed by atoms with Gasteiger partial charge in [-0.05, 0) is 43.0 Å². The number of hydrogen-bond acceptors (Lipinski definition) is 3. The molecule has 1 saturated carbocycles. The number of ether oxygens (including phenoxy) is 1. The van der Waals surface area contributed by atoms with Crippen LogP contribution >= 0.6 is 0 Å². The fraction of sp³-hybridized carbons (Fsp3) is 0.533. The second-order valence-electron chi connectivity index (χ2n) is 5.53. The lowest BCUT2D eigenvalue weighted by molar-refractivity contribution is -0.120. The Labute approximate surface area is 113 Å². The van der Waals surface area contributed by atoms with E-state index >= 15 is 0 Å². The third kappa shape index (κ3) is 2.73. The van der Waals surface area contributed by atoms with Gasteiger partial charge in [0.1, 0.15) is 5.75 Å². The summed E-state index contributed by atoms with van der Waals surface area (Å²) in [6, 6.07) is 6.04. The summed E-state index contributed by atoms with van der Waals surface area (Å²) < 4.78 is 5.46. The van der Waals surface area contributed by atoms with Gasteiger partial charge in [-0.2, -0.15) is 0 Å². The summed E-state index contributed by atoms with van der Waals surface area (Å²) in [5.41, 5.74) is 7.98. The van der Waals surface area contributed by atoms with E-state index in [4.69, 9.17) is 10.5 Å². The molecule has 3 N–H and O–H groups in total. The Morgan fingerprint density at radius 3 is 3.11 bits per heavy atom. The van der Waals surface area contributed by atoms with E-state index in [1.54, 1.807) is 0 Å². The molecule has 1 fully saturated rings. The number of carbonyl (C=O) groups excluding carboxylic acids is 1. The topological polar surface area (TPSA) is 64.4 Å². The standard InChI is InChI=1S/C15H20N2O2/c16-12-3-1-2-11(8-12)15(18)17-13-4-5-14-10(9-13)6-7-19-14/h4-5,9,11-12H,1-3,6-8,16H2,(H,17,18). The van der Waals surface area contributed by atoms with Gasteiger partial charge in [-0.15, -0.1) is 0 Å². The molecule has 1 aliphatic carbocycles. The Bertz CT molecular complexity index is 487. The highest BCUT2D eigenvalue weighted by Crippen LogP contribution is 2.29. The van der Waals surface area contributed by atoms with E-state index < -0.39 is 0 Å². The van der Waals surface area contributed by atoms with Crippen LogP contribution in [0.15, 0.2) is 18.2 Å². The van der Waals surface area contributed by atoms with E-state index in [1.807, 2.05) is 18.2 Å². The van der Waals surface area contributed by atoms with E-state index in [2.05, 4.69) is 5.32 Å². The molecule has 102 valence electrons. The molecule has 2 unspecified atom stereocenters. The second-order valence-corrected chi connectivity index (χ2v) is 5.53. The summed E-state index contributed by atoms with van der Waals surface area (Å²) in [5, 5.41) is 3.01. The van der Waals surface area contributed by atoms with E-state index in [1.165, 1.54) is 5.56 Å². The maximum atomic E-state index is 12.2. The number of nitrogens with one attached hydrogen (secondary N) is 1. The van der Waals surface area contributed by atoms with Crippen molar-refractivity contribution in [3.8, 4) is 5.75 Å². The average Bonchev–Trinajstić information content (AvgIpc) is 2.86. The molecule has 0 saturated heterocycles. The number of amides is 1. The smallest absolute Gasteiger partial charge is 0.227 e. The molecule has 1 aliphatic heterocycles. The van der Waals surface area contributed by atoms with Crippen LogP contribution in [0.4, 0.5) is 5.69 Å². The van der Waals surface area contributed by atoms with Crippen molar-refractivity contribution in [2.75, 3.05) is 11.9 Å². The van der Waals surface area contributed by atoms with E-state index in [0.717, 1.165) is 50.1 Å². The highest BCUT2D eigenvalue weighted by atomic mass is 16.5. The molecule has 4 nitrogen and oxygen atoms in total. The molecule has 2 aliphatic rings. The fourth-order valence-corrected chi connectivity index (χ4v) is 2.97. The molecular weight excluding hydrogens is 240 g/mol. The lowest BCUT2D eigenvalue weighted by Crippen LogP contribution is -2.34. The van der Waals surface area contributed by atoms with Crippen molar-refractivity contribution in [2.24, 2.45) is 11.7 Å². The molecule has 1 aromatic carbocycles. The maximum absolute atomic E-state index is 12.2. The van der Waals surface area contributed by atoms with Crippen molar-refractivity contribution in [3.05, 3.63) is 23.8 Å². The number of carbonyl (C=O) groups is 1. The molecular formula is C15H20N2O2. The van der Waals surface area contributed by atoms with Crippen LogP contribution in [-0.4, -0.2) is 18.6 Å². The zero-order chi connectivity index (χ0) is 13.2. The lowest BCUT2D eigenvalue weighted by Gasteiger charge is -2.25. The van der Waals surface area contributed by atoms with Crippen molar-refractivity contribution in [3.63, 3.8) is 0 Å². The van der Waals surface area contributed by atoms with Crippen molar-refractivity contribution >= 4 is 11.6 Å². The largest absolute Gasteiger partial charge is 0.493 e. The number of anilines is 1. The fourth-order valence-electron chi connectivity index (χ4n) is 2.97.